The van der Waals surface area contributed by atoms with E-state index in [1.54, 1.807) is 12.1 Å². The number of hydrogen-bond acceptors (Lipinski definition) is 1. The number of ether oxygens (including phenoxy) is 1. The van der Waals surface area contributed by atoms with Crippen LogP contribution < -0.4 is 4.74 Å². The fourth-order valence-corrected chi connectivity index (χ4v) is 6.26. The van der Waals surface area contributed by atoms with Crippen molar-refractivity contribution in [1.29, 1.82) is 0 Å². The van der Waals surface area contributed by atoms with E-state index in [0.29, 0.717) is 5.75 Å². The smallest absolute Gasteiger partial charge is 0.170 e. The molecule has 0 radical (unpaired) electrons. The van der Waals surface area contributed by atoms with Crippen molar-refractivity contribution in [1.82, 2.24) is 0 Å². The SMILES string of the molecule is C=C(C)C1(Oc2ccc([S+](c3ccccc3)c3ccccc3)cc2F)CCCCC1. The predicted octanol–water partition coefficient (Wildman–Crippen LogP) is 7.58. The van der Waals surface area contributed by atoms with Crippen LogP contribution in [-0.2, 0) is 10.9 Å². The Kier molecular flexibility index (Phi) is 6.29. The monoisotopic (exact) mass is 419 g/mol. The molecule has 4 rings (SSSR count). The minimum Gasteiger partial charge on any atom is -0.480 e. The summed E-state index contributed by atoms with van der Waals surface area (Å²) in [6.45, 7) is 6.16. The lowest BCUT2D eigenvalue weighted by molar-refractivity contribution is 0.0618. The Hall–Kier alpha value is -2.52. The van der Waals surface area contributed by atoms with Gasteiger partial charge >= 0.3 is 0 Å². The van der Waals surface area contributed by atoms with Gasteiger partial charge in [0, 0.05) is 6.07 Å². The molecule has 154 valence electrons. The third kappa shape index (κ3) is 4.32. The number of rotatable bonds is 6. The van der Waals surface area contributed by atoms with Gasteiger partial charge in [-0.2, -0.15) is 0 Å². The molecular weight excluding hydrogens is 391 g/mol. The maximum Gasteiger partial charge on any atom is 0.170 e. The van der Waals surface area contributed by atoms with Crippen LogP contribution in [0, 0.1) is 5.82 Å². The van der Waals surface area contributed by atoms with Crippen molar-refractivity contribution in [2.45, 2.75) is 59.3 Å². The van der Waals surface area contributed by atoms with E-state index in [0.717, 1.165) is 36.2 Å². The molecule has 1 fully saturated rings. The third-order valence-electron chi connectivity index (χ3n) is 5.84. The van der Waals surface area contributed by atoms with Crippen LogP contribution in [0.1, 0.15) is 39.0 Å². The molecule has 0 aliphatic heterocycles. The van der Waals surface area contributed by atoms with Gasteiger partial charge in [0.15, 0.2) is 26.3 Å². The predicted molar refractivity (Wildman–Crippen MR) is 123 cm³/mol. The summed E-state index contributed by atoms with van der Waals surface area (Å²) in [5.74, 6) is 0.0244. The number of halogens is 1. The maximum atomic E-state index is 15.3. The van der Waals surface area contributed by atoms with Crippen LogP contribution in [0.3, 0.4) is 0 Å². The van der Waals surface area contributed by atoms with E-state index in [1.165, 1.54) is 16.2 Å². The Labute approximate surface area is 182 Å². The highest BCUT2D eigenvalue weighted by molar-refractivity contribution is 7.97. The molecular formula is C27H28FOS+. The van der Waals surface area contributed by atoms with E-state index in [4.69, 9.17) is 4.74 Å². The normalized spacial score (nSPS) is 15.7. The van der Waals surface area contributed by atoms with Crippen LogP contribution in [0.15, 0.2) is 106 Å². The van der Waals surface area contributed by atoms with Crippen molar-refractivity contribution in [2.75, 3.05) is 0 Å². The van der Waals surface area contributed by atoms with Crippen molar-refractivity contribution < 1.29 is 9.13 Å². The lowest BCUT2D eigenvalue weighted by Gasteiger charge is -2.38. The van der Waals surface area contributed by atoms with Gasteiger partial charge in [-0.15, -0.1) is 0 Å². The van der Waals surface area contributed by atoms with Crippen LogP contribution in [0.5, 0.6) is 5.75 Å². The summed E-state index contributed by atoms with van der Waals surface area (Å²) in [7, 11) is -0.372. The molecule has 1 saturated carbocycles. The molecule has 0 N–H and O–H groups in total. The number of hydrogen-bond donors (Lipinski definition) is 0. The largest absolute Gasteiger partial charge is 0.480 e. The van der Waals surface area contributed by atoms with E-state index in [2.05, 4.69) is 30.8 Å². The highest BCUT2D eigenvalue weighted by Gasteiger charge is 2.36. The van der Waals surface area contributed by atoms with Crippen LogP contribution in [-0.4, -0.2) is 5.60 Å². The van der Waals surface area contributed by atoms with E-state index in [-0.39, 0.29) is 16.7 Å². The summed E-state index contributed by atoms with van der Waals surface area (Å²) in [5.41, 5.74) is 0.542. The first kappa shape index (κ1) is 20.7. The first-order valence-electron chi connectivity index (χ1n) is 10.6. The Morgan fingerprint density at radius 3 is 1.90 bits per heavy atom. The summed E-state index contributed by atoms with van der Waals surface area (Å²) in [4.78, 5) is 3.29. The molecule has 1 nitrogen and oxygen atoms in total. The van der Waals surface area contributed by atoms with Gasteiger partial charge in [-0.3, -0.25) is 0 Å². The zero-order valence-electron chi connectivity index (χ0n) is 17.4. The summed E-state index contributed by atoms with van der Waals surface area (Å²) in [6.07, 6.45) is 5.21. The van der Waals surface area contributed by atoms with E-state index >= 15 is 4.39 Å². The van der Waals surface area contributed by atoms with Crippen LogP contribution in [0.4, 0.5) is 4.39 Å². The molecule has 0 bridgehead atoms. The Balaban J connectivity index is 1.69. The zero-order valence-corrected chi connectivity index (χ0v) is 18.3. The third-order valence-corrected chi connectivity index (χ3v) is 8.05. The maximum absolute atomic E-state index is 15.3. The average Bonchev–Trinajstić information content (AvgIpc) is 2.78. The molecule has 3 aromatic rings. The molecule has 0 heterocycles. The van der Waals surface area contributed by atoms with Crippen molar-refractivity contribution in [3.8, 4) is 5.75 Å². The highest BCUT2D eigenvalue weighted by Crippen LogP contribution is 2.40. The van der Waals surface area contributed by atoms with Crippen LogP contribution >= 0.6 is 0 Å². The summed E-state index contributed by atoms with van der Waals surface area (Å²) in [6, 6.07) is 26.0. The van der Waals surface area contributed by atoms with E-state index < -0.39 is 5.60 Å². The first-order chi connectivity index (χ1) is 14.6. The van der Waals surface area contributed by atoms with Crippen molar-refractivity contribution >= 4 is 10.9 Å². The summed E-state index contributed by atoms with van der Waals surface area (Å²) >= 11 is 0. The first-order valence-corrected chi connectivity index (χ1v) is 11.8. The van der Waals surface area contributed by atoms with Gasteiger partial charge in [-0.05, 0) is 74.6 Å². The molecule has 3 aromatic carbocycles. The molecule has 3 heteroatoms. The second-order valence-corrected chi connectivity index (χ2v) is 9.99. The minimum atomic E-state index is -0.443. The molecule has 0 spiro atoms. The number of benzene rings is 3. The second-order valence-electron chi connectivity index (χ2n) is 7.96. The summed E-state index contributed by atoms with van der Waals surface area (Å²) < 4.78 is 21.6. The molecule has 1 aliphatic rings. The molecule has 0 saturated heterocycles. The van der Waals surface area contributed by atoms with E-state index in [1.807, 2.05) is 49.4 Å². The quantitative estimate of drug-likeness (QED) is 0.295. The van der Waals surface area contributed by atoms with Crippen molar-refractivity contribution in [3.05, 3.63) is 96.8 Å². The fraction of sp³-hybridized carbons (Fsp3) is 0.259. The topological polar surface area (TPSA) is 9.23 Å². The van der Waals surface area contributed by atoms with Gasteiger partial charge in [0.2, 0.25) is 0 Å². The Bertz CT molecular complexity index is 954. The summed E-state index contributed by atoms with van der Waals surface area (Å²) in [5, 5.41) is 0. The molecule has 0 amide bonds. The minimum absolute atomic E-state index is 0.303. The fourth-order valence-electron chi connectivity index (χ4n) is 4.16. The molecule has 0 unspecified atom stereocenters. The van der Waals surface area contributed by atoms with E-state index in [9.17, 15) is 0 Å². The van der Waals surface area contributed by atoms with Gasteiger partial charge in [0.1, 0.15) is 5.60 Å². The van der Waals surface area contributed by atoms with Gasteiger partial charge < -0.3 is 4.74 Å². The molecule has 0 atom stereocenters. The molecule has 0 aromatic heterocycles. The Morgan fingerprint density at radius 1 is 0.833 bits per heavy atom. The standard InChI is InChI=1S/C27H28FOS/c1-21(2)27(18-10-5-11-19-27)29-26-17-16-24(20-25(26)28)30(22-12-6-3-7-13-22)23-14-8-4-9-15-23/h3-4,6-9,12-17,20H,1,5,10-11,18-19H2,2H3/q+1. The molecule has 1 aliphatic carbocycles. The highest BCUT2D eigenvalue weighted by atomic mass is 32.2. The van der Waals surface area contributed by atoms with Crippen LogP contribution in [0.25, 0.3) is 0 Å². The van der Waals surface area contributed by atoms with Crippen molar-refractivity contribution in [3.63, 3.8) is 0 Å². The zero-order chi connectivity index (χ0) is 21.0. The van der Waals surface area contributed by atoms with Gasteiger partial charge in [-0.25, -0.2) is 4.39 Å². The van der Waals surface area contributed by atoms with Gasteiger partial charge in [0.05, 0.1) is 10.9 Å². The second kappa shape index (κ2) is 9.09. The Morgan fingerprint density at radius 2 is 1.40 bits per heavy atom. The van der Waals surface area contributed by atoms with Gasteiger partial charge in [0.25, 0.3) is 0 Å². The van der Waals surface area contributed by atoms with Crippen LogP contribution in [0.2, 0.25) is 0 Å². The van der Waals surface area contributed by atoms with Gasteiger partial charge in [-0.1, -0.05) is 49.4 Å². The lowest BCUT2D eigenvalue weighted by Crippen LogP contribution is -2.39. The molecule has 30 heavy (non-hydrogen) atoms. The lowest BCUT2D eigenvalue weighted by atomic mass is 9.80. The van der Waals surface area contributed by atoms with Crippen molar-refractivity contribution in [2.24, 2.45) is 0 Å². The average molecular weight is 420 g/mol.